The van der Waals surface area contributed by atoms with Gasteiger partial charge in [-0.05, 0) is 0 Å². The van der Waals surface area contributed by atoms with Crippen LogP contribution in [0, 0.1) is 0 Å². The average Bonchev–Trinajstić information content (AvgIpc) is 2.19. The minimum Gasteiger partial charge on any atom is -0.396 e. The van der Waals surface area contributed by atoms with Crippen LogP contribution in [0.15, 0.2) is 11.9 Å². The Morgan fingerprint density at radius 3 is 3.12 bits per heavy atom. The van der Waals surface area contributed by atoms with Gasteiger partial charge in [0.05, 0.1) is 6.67 Å². The molecule has 0 aromatic rings. The molecule has 0 aliphatic carbocycles. The molecule has 1 aliphatic heterocycles. The van der Waals surface area contributed by atoms with Crippen LogP contribution in [0.3, 0.4) is 0 Å². The van der Waals surface area contributed by atoms with Crippen molar-refractivity contribution >= 4 is 0 Å². The van der Waals surface area contributed by atoms with Crippen LogP contribution in [0.5, 0.6) is 0 Å². The normalized spacial score (nSPS) is 16.9. The molecule has 46 valence electrons. The summed E-state index contributed by atoms with van der Waals surface area (Å²) in [5.74, 6) is 0. The van der Waals surface area contributed by atoms with Gasteiger partial charge in [-0.2, -0.15) is 0 Å². The summed E-state index contributed by atoms with van der Waals surface area (Å²) >= 11 is 0. The van der Waals surface area contributed by atoms with E-state index in [0.717, 1.165) is 18.8 Å². The smallest absolute Gasteiger partial charge is 0.0843 e. The summed E-state index contributed by atoms with van der Waals surface area (Å²) in [7, 11) is 0. The maximum absolute atomic E-state index is 8.42. The Labute approximate surface area is 48.4 Å². The molecule has 0 amide bonds. The first-order valence-electron chi connectivity index (χ1n) is 2.70. The zero-order valence-corrected chi connectivity index (χ0v) is 4.65. The van der Waals surface area contributed by atoms with Crippen molar-refractivity contribution in [2.45, 2.75) is 6.42 Å². The maximum atomic E-state index is 8.42. The van der Waals surface area contributed by atoms with Gasteiger partial charge in [-0.25, -0.2) is 0 Å². The van der Waals surface area contributed by atoms with Crippen molar-refractivity contribution < 1.29 is 5.11 Å². The van der Waals surface area contributed by atoms with E-state index in [1.807, 2.05) is 6.20 Å². The quantitative estimate of drug-likeness (QED) is 0.447. The van der Waals surface area contributed by atoms with E-state index in [4.69, 9.17) is 5.11 Å². The fraction of sp³-hybridized carbons (Fsp3) is 0.600. The van der Waals surface area contributed by atoms with Crippen molar-refractivity contribution in [3.63, 3.8) is 0 Å². The van der Waals surface area contributed by atoms with Crippen molar-refractivity contribution in [3.8, 4) is 0 Å². The van der Waals surface area contributed by atoms with E-state index in [2.05, 4.69) is 10.6 Å². The molecule has 0 aromatic carbocycles. The average molecular weight is 114 g/mol. The van der Waals surface area contributed by atoms with Crippen molar-refractivity contribution in [2.75, 3.05) is 13.3 Å². The molecule has 0 saturated carbocycles. The summed E-state index contributed by atoms with van der Waals surface area (Å²) in [6.45, 7) is 1.02. The lowest BCUT2D eigenvalue weighted by Gasteiger charge is -1.96. The van der Waals surface area contributed by atoms with Gasteiger partial charge < -0.3 is 15.7 Å². The molecule has 0 unspecified atom stereocenters. The van der Waals surface area contributed by atoms with Crippen LogP contribution in [0.4, 0.5) is 0 Å². The number of aliphatic hydroxyl groups excluding tert-OH is 1. The highest BCUT2D eigenvalue weighted by atomic mass is 16.3. The summed E-state index contributed by atoms with van der Waals surface area (Å²) < 4.78 is 0. The van der Waals surface area contributed by atoms with Gasteiger partial charge in [-0.3, -0.25) is 0 Å². The highest BCUT2D eigenvalue weighted by Gasteiger charge is 1.98. The fourth-order valence-electron chi connectivity index (χ4n) is 0.671. The van der Waals surface area contributed by atoms with Crippen LogP contribution in [0.25, 0.3) is 0 Å². The van der Waals surface area contributed by atoms with Crippen molar-refractivity contribution in [3.05, 3.63) is 11.9 Å². The molecule has 0 bridgehead atoms. The Bertz CT molecular complexity index is 101. The topological polar surface area (TPSA) is 44.3 Å². The minimum atomic E-state index is 0.223. The number of nitrogens with one attached hydrogen (secondary N) is 2. The van der Waals surface area contributed by atoms with Crippen LogP contribution in [0.2, 0.25) is 0 Å². The lowest BCUT2D eigenvalue weighted by atomic mass is 10.3. The summed E-state index contributed by atoms with van der Waals surface area (Å²) in [5.41, 5.74) is 1.09. The first-order chi connectivity index (χ1) is 3.93. The largest absolute Gasteiger partial charge is 0.396 e. The number of hydrogen-bond acceptors (Lipinski definition) is 3. The van der Waals surface area contributed by atoms with Gasteiger partial charge in [-0.1, -0.05) is 0 Å². The van der Waals surface area contributed by atoms with E-state index >= 15 is 0 Å². The van der Waals surface area contributed by atoms with Crippen LogP contribution in [0.1, 0.15) is 6.42 Å². The van der Waals surface area contributed by atoms with Crippen LogP contribution in [-0.4, -0.2) is 18.4 Å². The minimum absolute atomic E-state index is 0.223. The highest BCUT2D eigenvalue weighted by Crippen LogP contribution is 1.95. The monoisotopic (exact) mass is 114 g/mol. The van der Waals surface area contributed by atoms with Crippen molar-refractivity contribution in [1.29, 1.82) is 0 Å². The zero-order chi connectivity index (χ0) is 5.82. The first-order valence-corrected chi connectivity index (χ1v) is 2.70. The van der Waals surface area contributed by atoms with E-state index in [1.54, 1.807) is 0 Å². The third kappa shape index (κ3) is 1.13. The fourth-order valence-corrected chi connectivity index (χ4v) is 0.671. The number of rotatable bonds is 2. The molecule has 0 atom stereocenters. The van der Waals surface area contributed by atoms with Gasteiger partial charge >= 0.3 is 0 Å². The van der Waals surface area contributed by atoms with Gasteiger partial charge in [0.2, 0.25) is 0 Å². The predicted molar refractivity (Wildman–Crippen MR) is 30.9 cm³/mol. The third-order valence-corrected chi connectivity index (χ3v) is 1.07. The lowest BCUT2D eigenvalue weighted by Crippen LogP contribution is -2.14. The van der Waals surface area contributed by atoms with Crippen LogP contribution >= 0.6 is 0 Å². The molecule has 3 N–H and O–H groups in total. The Morgan fingerprint density at radius 1 is 1.75 bits per heavy atom. The molecule has 1 heterocycles. The highest BCUT2D eigenvalue weighted by molar-refractivity contribution is 5.02. The van der Waals surface area contributed by atoms with Gasteiger partial charge in [0.1, 0.15) is 0 Å². The molecular formula is C5H10N2O. The second kappa shape index (κ2) is 2.57. The van der Waals surface area contributed by atoms with E-state index in [9.17, 15) is 0 Å². The number of aliphatic hydroxyl groups is 1. The van der Waals surface area contributed by atoms with E-state index < -0.39 is 0 Å². The summed E-state index contributed by atoms with van der Waals surface area (Å²) in [5, 5.41) is 14.4. The molecule has 1 aliphatic rings. The Morgan fingerprint density at radius 2 is 2.62 bits per heavy atom. The van der Waals surface area contributed by atoms with Gasteiger partial charge in [0, 0.05) is 24.9 Å². The summed E-state index contributed by atoms with van der Waals surface area (Å²) in [6, 6.07) is 0. The SMILES string of the molecule is OCCC1=CNCN1. The third-order valence-electron chi connectivity index (χ3n) is 1.07. The van der Waals surface area contributed by atoms with Crippen LogP contribution < -0.4 is 10.6 Å². The molecule has 0 radical (unpaired) electrons. The first kappa shape index (κ1) is 5.44. The zero-order valence-electron chi connectivity index (χ0n) is 4.65. The van der Waals surface area contributed by atoms with Gasteiger partial charge in [0.15, 0.2) is 0 Å². The maximum Gasteiger partial charge on any atom is 0.0843 e. The molecule has 3 heteroatoms. The molecule has 3 nitrogen and oxygen atoms in total. The molecule has 0 fully saturated rings. The molecule has 0 saturated heterocycles. The summed E-state index contributed by atoms with van der Waals surface area (Å²) in [4.78, 5) is 0. The Balaban J connectivity index is 2.23. The molecule has 0 aromatic heterocycles. The second-order valence-corrected chi connectivity index (χ2v) is 1.70. The number of hydrogen-bond donors (Lipinski definition) is 3. The van der Waals surface area contributed by atoms with Crippen molar-refractivity contribution in [2.24, 2.45) is 0 Å². The van der Waals surface area contributed by atoms with E-state index in [1.165, 1.54) is 0 Å². The van der Waals surface area contributed by atoms with E-state index in [0.29, 0.717) is 0 Å². The van der Waals surface area contributed by atoms with E-state index in [-0.39, 0.29) is 6.61 Å². The molecule has 1 rings (SSSR count). The molecular weight excluding hydrogens is 104 g/mol. The van der Waals surface area contributed by atoms with Gasteiger partial charge in [-0.15, -0.1) is 0 Å². The van der Waals surface area contributed by atoms with Gasteiger partial charge in [0.25, 0.3) is 0 Å². The standard InChI is InChI=1S/C5H10N2O/c8-2-1-5-3-6-4-7-5/h3,6-8H,1-2,4H2. The Hall–Kier alpha value is -0.700. The molecule has 0 spiro atoms. The predicted octanol–water partition coefficient (Wildman–Crippen LogP) is -0.640. The summed E-state index contributed by atoms with van der Waals surface area (Å²) in [6.07, 6.45) is 2.61. The van der Waals surface area contributed by atoms with Crippen molar-refractivity contribution in [1.82, 2.24) is 10.6 Å². The Kier molecular flexibility index (Phi) is 1.75. The van der Waals surface area contributed by atoms with Crippen LogP contribution in [-0.2, 0) is 0 Å². The lowest BCUT2D eigenvalue weighted by molar-refractivity contribution is 0.297. The second-order valence-electron chi connectivity index (χ2n) is 1.70. The molecule has 8 heavy (non-hydrogen) atoms.